The van der Waals surface area contributed by atoms with Gasteiger partial charge in [-0.1, -0.05) is 0 Å². The second kappa shape index (κ2) is 1.74. The van der Waals surface area contributed by atoms with E-state index in [4.69, 9.17) is 0 Å². The molecule has 4 atom stereocenters. The van der Waals surface area contributed by atoms with E-state index in [0.717, 1.165) is 24.0 Å². The first-order chi connectivity index (χ1) is 4.95. The van der Waals surface area contributed by atoms with Gasteiger partial charge in [-0.2, -0.15) is 0 Å². The fourth-order valence-electron chi connectivity index (χ4n) is 3.06. The second-order valence-corrected chi connectivity index (χ2v) is 3.89. The Bertz CT molecular complexity index is 141. The van der Waals surface area contributed by atoms with Crippen molar-refractivity contribution in [1.82, 2.24) is 10.6 Å². The van der Waals surface area contributed by atoms with E-state index in [-0.39, 0.29) is 0 Å². The standard InChI is InChI=1S/C8H14N2/c1-2-7-8-5(3-4-9-8)6(1)10-7/h5-10H,1-4H2. The van der Waals surface area contributed by atoms with Crippen molar-refractivity contribution >= 4 is 0 Å². The summed E-state index contributed by atoms with van der Waals surface area (Å²) in [5, 5.41) is 7.25. The average Bonchev–Trinajstić information content (AvgIpc) is 2.60. The molecule has 0 amide bonds. The quantitative estimate of drug-likeness (QED) is 0.496. The summed E-state index contributed by atoms with van der Waals surface area (Å²) >= 11 is 0. The van der Waals surface area contributed by atoms with Gasteiger partial charge in [0.25, 0.3) is 0 Å². The van der Waals surface area contributed by atoms with Crippen LogP contribution in [0.25, 0.3) is 0 Å². The number of rotatable bonds is 0. The van der Waals surface area contributed by atoms with Gasteiger partial charge in [0.15, 0.2) is 0 Å². The molecule has 3 saturated heterocycles. The lowest BCUT2D eigenvalue weighted by atomic mass is 9.86. The van der Waals surface area contributed by atoms with Crippen molar-refractivity contribution < 1.29 is 0 Å². The van der Waals surface area contributed by atoms with Gasteiger partial charge in [-0.3, -0.25) is 0 Å². The molecule has 2 nitrogen and oxygen atoms in total. The fraction of sp³-hybridized carbons (Fsp3) is 1.00. The van der Waals surface area contributed by atoms with E-state index in [9.17, 15) is 0 Å². The number of nitrogens with one attached hydrogen (secondary N) is 2. The van der Waals surface area contributed by atoms with Gasteiger partial charge in [-0.05, 0) is 31.7 Å². The van der Waals surface area contributed by atoms with Gasteiger partial charge in [0.2, 0.25) is 0 Å². The first-order valence-electron chi connectivity index (χ1n) is 4.44. The van der Waals surface area contributed by atoms with Crippen LogP contribution in [0.15, 0.2) is 0 Å². The van der Waals surface area contributed by atoms with Crippen molar-refractivity contribution in [3.63, 3.8) is 0 Å². The zero-order valence-electron chi connectivity index (χ0n) is 6.14. The molecule has 0 radical (unpaired) electrons. The highest BCUT2D eigenvalue weighted by Gasteiger charge is 2.48. The van der Waals surface area contributed by atoms with E-state index in [1.54, 1.807) is 0 Å². The van der Waals surface area contributed by atoms with Gasteiger partial charge in [-0.25, -0.2) is 0 Å². The molecule has 3 aliphatic heterocycles. The maximum atomic E-state index is 3.67. The molecule has 10 heavy (non-hydrogen) atoms. The zero-order valence-corrected chi connectivity index (χ0v) is 6.14. The summed E-state index contributed by atoms with van der Waals surface area (Å²) in [5.74, 6) is 0.985. The first-order valence-corrected chi connectivity index (χ1v) is 4.44. The minimum absolute atomic E-state index is 0.831. The van der Waals surface area contributed by atoms with Gasteiger partial charge in [0.05, 0.1) is 0 Å². The van der Waals surface area contributed by atoms with Gasteiger partial charge in [0, 0.05) is 18.1 Å². The third-order valence-corrected chi connectivity index (χ3v) is 3.49. The second-order valence-electron chi connectivity index (χ2n) is 3.89. The molecular weight excluding hydrogens is 124 g/mol. The predicted octanol–water partition coefficient (Wildman–Crippen LogP) is 0.0987. The molecule has 0 aromatic heterocycles. The Balaban J connectivity index is 1.92. The number of fused-ring (bicyclic) bond motifs is 5. The maximum absolute atomic E-state index is 3.67. The molecule has 0 aromatic rings. The molecule has 2 bridgehead atoms. The Morgan fingerprint density at radius 1 is 1.00 bits per heavy atom. The van der Waals surface area contributed by atoms with Gasteiger partial charge in [-0.15, -0.1) is 0 Å². The fourth-order valence-corrected chi connectivity index (χ4v) is 3.06. The van der Waals surface area contributed by atoms with Crippen LogP contribution in [0.1, 0.15) is 19.3 Å². The van der Waals surface area contributed by atoms with Crippen molar-refractivity contribution in [2.75, 3.05) is 6.54 Å². The topological polar surface area (TPSA) is 24.1 Å². The predicted molar refractivity (Wildman–Crippen MR) is 39.8 cm³/mol. The minimum Gasteiger partial charge on any atom is -0.312 e. The number of hydrogen-bond acceptors (Lipinski definition) is 2. The molecule has 0 aliphatic carbocycles. The molecule has 0 saturated carbocycles. The van der Waals surface area contributed by atoms with Crippen LogP contribution < -0.4 is 10.6 Å². The monoisotopic (exact) mass is 138 g/mol. The third kappa shape index (κ3) is 0.523. The van der Waals surface area contributed by atoms with Crippen molar-refractivity contribution in [1.29, 1.82) is 0 Å². The molecule has 3 fully saturated rings. The van der Waals surface area contributed by atoms with Gasteiger partial charge >= 0.3 is 0 Å². The van der Waals surface area contributed by atoms with Crippen LogP contribution in [-0.2, 0) is 0 Å². The molecule has 2 heteroatoms. The molecule has 4 unspecified atom stereocenters. The Morgan fingerprint density at radius 3 is 2.80 bits per heavy atom. The Hall–Kier alpha value is -0.0800. The summed E-state index contributed by atoms with van der Waals surface area (Å²) in [6, 6.07) is 2.56. The SMILES string of the molecule is C1CC2C3CCC(N3)C2N1. The molecule has 3 heterocycles. The van der Waals surface area contributed by atoms with E-state index in [2.05, 4.69) is 10.6 Å². The summed E-state index contributed by atoms with van der Waals surface area (Å²) in [4.78, 5) is 0. The summed E-state index contributed by atoms with van der Waals surface area (Å²) in [7, 11) is 0. The molecule has 0 spiro atoms. The lowest BCUT2D eigenvalue weighted by Gasteiger charge is -2.21. The first kappa shape index (κ1) is 5.56. The maximum Gasteiger partial charge on any atom is 0.0264 e. The van der Waals surface area contributed by atoms with Crippen LogP contribution in [-0.4, -0.2) is 24.7 Å². The van der Waals surface area contributed by atoms with Crippen molar-refractivity contribution in [3.05, 3.63) is 0 Å². The van der Waals surface area contributed by atoms with Crippen LogP contribution in [0, 0.1) is 5.92 Å². The highest BCUT2D eigenvalue weighted by atomic mass is 15.2. The summed E-state index contributed by atoms with van der Waals surface area (Å²) < 4.78 is 0. The van der Waals surface area contributed by atoms with Gasteiger partial charge in [0.1, 0.15) is 0 Å². The smallest absolute Gasteiger partial charge is 0.0264 e. The van der Waals surface area contributed by atoms with E-state index in [1.165, 1.54) is 25.8 Å². The summed E-state index contributed by atoms with van der Waals surface area (Å²) in [6.45, 7) is 1.27. The normalized spacial score (nSPS) is 57.6. The largest absolute Gasteiger partial charge is 0.312 e. The van der Waals surface area contributed by atoms with E-state index in [0.29, 0.717) is 0 Å². The minimum atomic E-state index is 0.831. The van der Waals surface area contributed by atoms with Crippen molar-refractivity contribution in [3.8, 4) is 0 Å². The van der Waals surface area contributed by atoms with Crippen molar-refractivity contribution in [2.45, 2.75) is 37.4 Å². The van der Waals surface area contributed by atoms with Gasteiger partial charge < -0.3 is 10.6 Å². The Morgan fingerprint density at radius 2 is 1.90 bits per heavy atom. The van der Waals surface area contributed by atoms with E-state index in [1.807, 2.05) is 0 Å². The Labute approximate surface area is 61.4 Å². The molecule has 2 N–H and O–H groups in total. The summed E-state index contributed by atoms with van der Waals surface area (Å²) in [6.07, 6.45) is 4.27. The highest BCUT2D eigenvalue weighted by molar-refractivity contribution is 5.09. The van der Waals surface area contributed by atoms with Crippen molar-refractivity contribution in [2.24, 2.45) is 5.92 Å². The lowest BCUT2D eigenvalue weighted by Crippen LogP contribution is -2.37. The molecule has 3 aliphatic rings. The van der Waals surface area contributed by atoms with Crippen LogP contribution in [0.3, 0.4) is 0 Å². The molecular formula is C8H14N2. The highest BCUT2D eigenvalue weighted by Crippen LogP contribution is 2.37. The van der Waals surface area contributed by atoms with Crippen LogP contribution in [0.5, 0.6) is 0 Å². The molecule has 0 aromatic carbocycles. The Kier molecular flexibility index (Phi) is 0.968. The van der Waals surface area contributed by atoms with Crippen LogP contribution >= 0.6 is 0 Å². The van der Waals surface area contributed by atoms with E-state index < -0.39 is 0 Å². The number of hydrogen-bond donors (Lipinski definition) is 2. The van der Waals surface area contributed by atoms with Crippen LogP contribution in [0.2, 0.25) is 0 Å². The zero-order chi connectivity index (χ0) is 6.55. The summed E-state index contributed by atoms with van der Waals surface area (Å²) in [5.41, 5.74) is 0. The van der Waals surface area contributed by atoms with E-state index >= 15 is 0 Å². The third-order valence-electron chi connectivity index (χ3n) is 3.49. The molecule has 3 rings (SSSR count). The molecule has 56 valence electrons. The average molecular weight is 138 g/mol. The van der Waals surface area contributed by atoms with Crippen LogP contribution in [0.4, 0.5) is 0 Å². The lowest BCUT2D eigenvalue weighted by molar-refractivity contribution is 0.379.